The molecule has 2 unspecified atom stereocenters. The van der Waals surface area contributed by atoms with Crippen molar-refractivity contribution >= 4 is 46.3 Å². The third kappa shape index (κ3) is 6.70. The lowest BCUT2D eigenvalue weighted by Crippen LogP contribution is -2.42. The van der Waals surface area contributed by atoms with Gasteiger partial charge in [-0.2, -0.15) is 0 Å². The molecule has 9 nitrogen and oxygen atoms in total. The number of benzene rings is 3. The van der Waals surface area contributed by atoms with Crippen LogP contribution in [0, 0.1) is 0 Å². The van der Waals surface area contributed by atoms with Gasteiger partial charge in [-0.3, -0.25) is 4.90 Å². The van der Waals surface area contributed by atoms with Gasteiger partial charge in [0.15, 0.2) is 0 Å². The van der Waals surface area contributed by atoms with Gasteiger partial charge in [-0.05, 0) is 79.1 Å². The molecule has 214 valence electrons. The lowest BCUT2D eigenvalue weighted by molar-refractivity contribution is 0.0991. The fourth-order valence-electron chi connectivity index (χ4n) is 4.85. The molecule has 2 heterocycles. The maximum atomic E-state index is 13.5. The van der Waals surface area contributed by atoms with Crippen LogP contribution in [0.25, 0.3) is 10.9 Å². The Balaban J connectivity index is 1.37. The first-order valence-corrected chi connectivity index (χ1v) is 13.9. The highest BCUT2D eigenvalue weighted by atomic mass is 35.5. The molecule has 11 heteroatoms. The average molecular weight is 598 g/mol. The number of carbonyl (C=O) groups is 2. The number of hydrogen-bond acceptors (Lipinski definition) is 6. The van der Waals surface area contributed by atoms with E-state index in [1.54, 1.807) is 48.2 Å². The number of carbonyl (C=O) groups excluding carboxylic acids is 2. The Hall–Kier alpha value is -3.92. The number of aromatic amines is 1. The molecule has 3 aromatic carbocycles. The Labute approximate surface area is 246 Å². The van der Waals surface area contributed by atoms with E-state index in [0.29, 0.717) is 34.5 Å². The van der Waals surface area contributed by atoms with Gasteiger partial charge in [0.25, 0.3) is 0 Å². The van der Waals surface area contributed by atoms with E-state index in [9.17, 15) is 14.7 Å². The van der Waals surface area contributed by atoms with Crippen LogP contribution in [-0.2, 0) is 11.2 Å². The van der Waals surface area contributed by atoms with E-state index in [1.807, 2.05) is 30.3 Å². The number of nitrogens with zero attached hydrogens (tertiary/aromatic N) is 1. The summed E-state index contributed by atoms with van der Waals surface area (Å²) in [6.45, 7) is 2.35. The van der Waals surface area contributed by atoms with Gasteiger partial charge >= 0.3 is 12.2 Å². The molecule has 1 aliphatic heterocycles. The summed E-state index contributed by atoms with van der Waals surface area (Å²) in [7, 11) is 0. The topological polar surface area (TPSA) is 113 Å². The van der Waals surface area contributed by atoms with Gasteiger partial charge in [-0.15, -0.1) is 0 Å². The van der Waals surface area contributed by atoms with Gasteiger partial charge in [-0.1, -0.05) is 35.3 Å². The van der Waals surface area contributed by atoms with E-state index < -0.39 is 24.3 Å². The minimum Gasteiger partial charge on any atom is -0.491 e. The number of rotatable bonds is 8. The number of aliphatic hydroxyl groups is 1. The van der Waals surface area contributed by atoms with Gasteiger partial charge in [0, 0.05) is 33.2 Å². The Morgan fingerprint density at radius 3 is 2.49 bits per heavy atom. The third-order valence-electron chi connectivity index (χ3n) is 6.74. The number of aromatic nitrogens is 1. The molecule has 0 saturated carbocycles. The summed E-state index contributed by atoms with van der Waals surface area (Å²) in [5.41, 5.74) is 3.76. The highest BCUT2D eigenvalue weighted by molar-refractivity contribution is 6.31. The van der Waals surface area contributed by atoms with E-state index >= 15 is 0 Å². The Bertz CT molecular complexity index is 1520. The Kier molecular flexibility index (Phi) is 8.87. The SMILES string of the molecule is CCOC(=O)NCC(O)COc1ccc(C2c3[nH]c4ccc(Cl)cc4c3CCN2C(=O)Oc2ccc(Cl)cc2)cc1. The van der Waals surface area contributed by atoms with E-state index in [0.717, 1.165) is 27.7 Å². The first-order chi connectivity index (χ1) is 19.8. The molecule has 0 radical (unpaired) electrons. The predicted octanol–water partition coefficient (Wildman–Crippen LogP) is 6.11. The second-order valence-electron chi connectivity index (χ2n) is 9.51. The highest BCUT2D eigenvalue weighted by Gasteiger charge is 2.35. The van der Waals surface area contributed by atoms with Crippen molar-refractivity contribution in [2.45, 2.75) is 25.5 Å². The van der Waals surface area contributed by atoms with E-state index in [2.05, 4.69) is 10.3 Å². The molecular weight excluding hydrogens is 569 g/mol. The van der Waals surface area contributed by atoms with Crippen molar-refractivity contribution in [3.8, 4) is 11.5 Å². The Morgan fingerprint density at radius 2 is 1.76 bits per heavy atom. The number of alkyl carbamates (subject to hydrolysis) is 1. The number of hydrogen-bond donors (Lipinski definition) is 3. The molecular formula is C30H29Cl2N3O6. The van der Waals surface area contributed by atoms with Crippen LogP contribution in [0.5, 0.6) is 11.5 Å². The maximum Gasteiger partial charge on any atom is 0.416 e. The van der Waals surface area contributed by atoms with Gasteiger partial charge in [0.2, 0.25) is 0 Å². The summed E-state index contributed by atoms with van der Waals surface area (Å²) in [6, 6.07) is 19.2. The summed E-state index contributed by atoms with van der Waals surface area (Å²) < 4.78 is 16.2. The molecule has 5 rings (SSSR count). The summed E-state index contributed by atoms with van der Waals surface area (Å²) in [4.78, 5) is 30.1. The zero-order valence-electron chi connectivity index (χ0n) is 22.2. The van der Waals surface area contributed by atoms with Crippen LogP contribution in [0.2, 0.25) is 10.0 Å². The van der Waals surface area contributed by atoms with Gasteiger partial charge in [0.05, 0.1) is 13.2 Å². The number of ether oxygens (including phenoxy) is 3. The minimum atomic E-state index is -0.920. The van der Waals surface area contributed by atoms with E-state index in [-0.39, 0.29) is 19.8 Å². The summed E-state index contributed by atoms with van der Waals surface area (Å²) in [6.07, 6.45) is -1.38. The zero-order valence-corrected chi connectivity index (χ0v) is 23.7. The van der Waals surface area contributed by atoms with Crippen LogP contribution in [-0.4, -0.2) is 59.6 Å². The van der Waals surface area contributed by atoms with Crippen molar-refractivity contribution in [1.82, 2.24) is 15.2 Å². The van der Waals surface area contributed by atoms with Crippen LogP contribution in [0.15, 0.2) is 66.7 Å². The molecule has 41 heavy (non-hydrogen) atoms. The van der Waals surface area contributed by atoms with Crippen LogP contribution in [0.4, 0.5) is 9.59 Å². The van der Waals surface area contributed by atoms with E-state index in [4.69, 9.17) is 37.4 Å². The van der Waals surface area contributed by atoms with Crippen molar-refractivity contribution in [1.29, 1.82) is 0 Å². The van der Waals surface area contributed by atoms with Crippen LogP contribution in [0.3, 0.4) is 0 Å². The monoisotopic (exact) mass is 597 g/mol. The molecule has 0 spiro atoms. The number of nitrogens with one attached hydrogen (secondary N) is 2. The lowest BCUT2D eigenvalue weighted by Gasteiger charge is -2.35. The molecule has 1 aliphatic rings. The predicted molar refractivity (Wildman–Crippen MR) is 156 cm³/mol. The second kappa shape index (κ2) is 12.7. The molecule has 2 amide bonds. The van der Waals surface area contributed by atoms with Crippen molar-refractivity contribution in [2.24, 2.45) is 0 Å². The van der Waals surface area contributed by atoms with Crippen molar-refractivity contribution in [2.75, 3.05) is 26.3 Å². The van der Waals surface area contributed by atoms with Crippen LogP contribution in [0.1, 0.15) is 29.8 Å². The molecule has 4 aromatic rings. The van der Waals surface area contributed by atoms with Gasteiger partial charge in [0.1, 0.15) is 30.3 Å². The van der Waals surface area contributed by atoms with Crippen LogP contribution >= 0.6 is 23.2 Å². The maximum absolute atomic E-state index is 13.5. The summed E-state index contributed by atoms with van der Waals surface area (Å²) in [5, 5.41) is 14.8. The number of aliphatic hydroxyl groups excluding tert-OH is 1. The van der Waals surface area contributed by atoms with Crippen molar-refractivity contribution in [3.63, 3.8) is 0 Å². The number of halogens is 2. The largest absolute Gasteiger partial charge is 0.491 e. The molecule has 0 saturated heterocycles. The summed E-state index contributed by atoms with van der Waals surface area (Å²) in [5.74, 6) is 0.922. The average Bonchev–Trinajstić information content (AvgIpc) is 3.34. The highest BCUT2D eigenvalue weighted by Crippen LogP contribution is 2.40. The fraction of sp³-hybridized carbons (Fsp3) is 0.267. The number of amides is 2. The van der Waals surface area contributed by atoms with Crippen molar-refractivity contribution < 1.29 is 28.9 Å². The standard InChI is InChI=1S/C30H29Cl2N3O6/c1-2-39-29(37)33-16-21(36)17-40-22-8-3-18(4-9-22)28-27-24(25-15-20(32)7-12-26(25)34-27)13-14-35(28)30(38)41-23-10-5-19(31)6-11-23/h3-12,15,21,28,34,36H,2,13-14,16-17H2,1H3,(H,33,37). The molecule has 2 atom stereocenters. The fourth-order valence-corrected chi connectivity index (χ4v) is 5.15. The number of fused-ring (bicyclic) bond motifs is 3. The molecule has 0 fully saturated rings. The van der Waals surface area contributed by atoms with Crippen LogP contribution < -0.4 is 14.8 Å². The first kappa shape index (κ1) is 28.6. The van der Waals surface area contributed by atoms with E-state index in [1.165, 1.54) is 0 Å². The normalized spacial score (nSPS) is 15.2. The lowest BCUT2D eigenvalue weighted by atomic mass is 9.92. The quantitative estimate of drug-likeness (QED) is 0.226. The minimum absolute atomic E-state index is 0.00312. The zero-order chi connectivity index (χ0) is 28.9. The Morgan fingerprint density at radius 1 is 1.05 bits per heavy atom. The molecule has 0 bridgehead atoms. The second-order valence-corrected chi connectivity index (χ2v) is 10.4. The number of H-pyrrole nitrogens is 1. The first-order valence-electron chi connectivity index (χ1n) is 13.2. The smallest absolute Gasteiger partial charge is 0.416 e. The third-order valence-corrected chi connectivity index (χ3v) is 7.23. The molecule has 0 aliphatic carbocycles. The molecule has 3 N–H and O–H groups in total. The summed E-state index contributed by atoms with van der Waals surface area (Å²) >= 11 is 12.3. The molecule has 1 aromatic heterocycles. The van der Waals surface area contributed by atoms with Gasteiger partial charge in [-0.25, -0.2) is 9.59 Å². The van der Waals surface area contributed by atoms with Gasteiger partial charge < -0.3 is 29.6 Å². The van der Waals surface area contributed by atoms with Crippen molar-refractivity contribution in [3.05, 3.63) is 93.6 Å².